The molecule has 0 saturated carbocycles. The Morgan fingerprint density at radius 2 is 2.25 bits per heavy atom. The van der Waals surface area contributed by atoms with Crippen LogP contribution in [0, 0.1) is 0 Å². The second-order valence-electron chi connectivity index (χ2n) is 4.11. The number of imidazole rings is 1. The summed E-state index contributed by atoms with van der Waals surface area (Å²) in [5, 5.41) is 0. The van der Waals surface area contributed by atoms with E-state index >= 15 is 0 Å². The zero-order chi connectivity index (χ0) is 11.7. The van der Waals surface area contributed by atoms with Crippen molar-refractivity contribution >= 4 is 32.9 Å². The summed E-state index contributed by atoms with van der Waals surface area (Å²) in [4.78, 5) is 4.39. The van der Waals surface area contributed by atoms with Gasteiger partial charge in [0.05, 0.1) is 11.0 Å². The third-order valence-corrected chi connectivity index (χ3v) is 3.32. The molecule has 0 fully saturated rings. The number of hydrogen-bond acceptors (Lipinski definition) is 2. The van der Waals surface area contributed by atoms with Crippen LogP contribution in [0.1, 0.15) is 32.7 Å². The molecule has 1 aromatic carbocycles. The topological polar surface area (TPSA) is 43.8 Å². The highest BCUT2D eigenvalue weighted by Crippen LogP contribution is 2.27. The first kappa shape index (κ1) is 11.5. The number of nitrogens with two attached hydrogens (primary N) is 1. The molecule has 2 aromatic rings. The fraction of sp³-hybridized carbons (Fsp3) is 0.417. The molecule has 0 amide bonds. The lowest BCUT2D eigenvalue weighted by molar-refractivity contribution is 0.518. The summed E-state index contributed by atoms with van der Waals surface area (Å²) in [5.41, 5.74) is 8.04. The third kappa shape index (κ3) is 1.94. The zero-order valence-corrected chi connectivity index (χ0v) is 11.2. The van der Waals surface area contributed by atoms with Crippen molar-refractivity contribution in [3.8, 4) is 0 Å². The maximum Gasteiger partial charge on any atom is 0.201 e. The van der Waals surface area contributed by atoms with Crippen LogP contribution in [0.5, 0.6) is 0 Å². The molecule has 1 unspecified atom stereocenters. The van der Waals surface area contributed by atoms with Gasteiger partial charge in [0.15, 0.2) is 0 Å². The van der Waals surface area contributed by atoms with Gasteiger partial charge < -0.3 is 10.3 Å². The number of benzene rings is 1. The molecule has 3 nitrogen and oxygen atoms in total. The Balaban J connectivity index is 2.55. The molecule has 4 heteroatoms. The number of fused-ring (bicyclic) bond motifs is 1. The predicted octanol–water partition coefficient (Wildman–Crippen LogP) is 3.74. The van der Waals surface area contributed by atoms with Gasteiger partial charge in [-0.15, -0.1) is 0 Å². The van der Waals surface area contributed by atoms with Crippen molar-refractivity contribution in [3.63, 3.8) is 0 Å². The van der Waals surface area contributed by atoms with Gasteiger partial charge in [0.25, 0.3) is 0 Å². The van der Waals surface area contributed by atoms with Gasteiger partial charge in [0.1, 0.15) is 0 Å². The molecule has 0 saturated heterocycles. The molecular formula is C12H16BrN3. The summed E-state index contributed by atoms with van der Waals surface area (Å²) in [6.07, 6.45) is 2.27. The Bertz CT molecular complexity index is 504. The van der Waals surface area contributed by atoms with Crippen LogP contribution in [0.15, 0.2) is 22.7 Å². The quantitative estimate of drug-likeness (QED) is 0.931. The Hall–Kier alpha value is -1.03. The van der Waals surface area contributed by atoms with Crippen LogP contribution in [0.2, 0.25) is 0 Å². The molecule has 0 spiro atoms. The molecule has 1 heterocycles. The average molecular weight is 282 g/mol. The van der Waals surface area contributed by atoms with E-state index in [0.29, 0.717) is 12.0 Å². The minimum Gasteiger partial charge on any atom is -0.369 e. The van der Waals surface area contributed by atoms with E-state index in [1.54, 1.807) is 0 Å². The van der Waals surface area contributed by atoms with E-state index in [9.17, 15) is 0 Å². The third-order valence-electron chi connectivity index (χ3n) is 2.83. The second-order valence-corrected chi connectivity index (χ2v) is 5.03. The summed E-state index contributed by atoms with van der Waals surface area (Å²) in [7, 11) is 0. The summed E-state index contributed by atoms with van der Waals surface area (Å²) in [6.45, 7) is 4.37. The Labute approximate surface area is 104 Å². The zero-order valence-electron chi connectivity index (χ0n) is 9.57. The molecule has 0 aliphatic heterocycles. The van der Waals surface area contributed by atoms with E-state index in [2.05, 4.69) is 45.4 Å². The molecule has 16 heavy (non-hydrogen) atoms. The van der Waals surface area contributed by atoms with Gasteiger partial charge in [-0.2, -0.15) is 0 Å². The van der Waals surface area contributed by atoms with Gasteiger partial charge in [-0.1, -0.05) is 29.3 Å². The highest BCUT2D eigenvalue weighted by Gasteiger charge is 2.13. The van der Waals surface area contributed by atoms with Crippen LogP contribution in [-0.4, -0.2) is 9.55 Å². The maximum atomic E-state index is 5.97. The Morgan fingerprint density at radius 3 is 2.94 bits per heavy atom. The smallest absolute Gasteiger partial charge is 0.201 e. The standard InChI is InChI=1S/C12H16BrN3/c1-3-4-8(2)16-11-6-5-9(13)7-10(11)15-12(16)14/h5-8H,3-4H2,1-2H3,(H2,14,15). The van der Waals surface area contributed by atoms with Gasteiger partial charge in [-0.3, -0.25) is 0 Å². The lowest BCUT2D eigenvalue weighted by atomic mass is 10.2. The van der Waals surface area contributed by atoms with E-state index in [4.69, 9.17) is 5.73 Å². The van der Waals surface area contributed by atoms with Crippen molar-refractivity contribution < 1.29 is 0 Å². The fourth-order valence-corrected chi connectivity index (χ4v) is 2.45. The fourth-order valence-electron chi connectivity index (χ4n) is 2.10. The lowest BCUT2D eigenvalue weighted by Gasteiger charge is -2.14. The van der Waals surface area contributed by atoms with Crippen molar-refractivity contribution in [1.82, 2.24) is 9.55 Å². The molecule has 1 atom stereocenters. The van der Waals surface area contributed by atoms with Gasteiger partial charge in [0.2, 0.25) is 5.95 Å². The normalized spacial score (nSPS) is 13.2. The van der Waals surface area contributed by atoms with Crippen molar-refractivity contribution in [2.75, 3.05) is 5.73 Å². The monoisotopic (exact) mass is 281 g/mol. The molecule has 2 N–H and O–H groups in total. The number of halogens is 1. The van der Waals surface area contributed by atoms with E-state index in [-0.39, 0.29) is 0 Å². The number of nitrogen functional groups attached to an aromatic ring is 1. The number of hydrogen-bond donors (Lipinski definition) is 1. The van der Waals surface area contributed by atoms with Crippen LogP contribution < -0.4 is 5.73 Å². The Kier molecular flexibility index (Phi) is 3.19. The van der Waals surface area contributed by atoms with Crippen LogP contribution in [0.3, 0.4) is 0 Å². The number of anilines is 1. The minimum absolute atomic E-state index is 0.399. The van der Waals surface area contributed by atoms with Gasteiger partial charge in [-0.05, 0) is 31.5 Å². The maximum absolute atomic E-state index is 5.97. The molecule has 2 rings (SSSR count). The first-order valence-corrected chi connectivity index (χ1v) is 6.35. The summed E-state index contributed by atoms with van der Waals surface area (Å²) in [6, 6.07) is 6.49. The van der Waals surface area contributed by atoms with Crippen LogP contribution >= 0.6 is 15.9 Å². The SMILES string of the molecule is CCCC(C)n1c(N)nc2cc(Br)ccc21. The molecule has 0 bridgehead atoms. The minimum atomic E-state index is 0.399. The predicted molar refractivity (Wildman–Crippen MR) is 71.5 cm³/mol. The van der Waals surface area contributed by atoms with Crippen LogP contribution in [0.25, 0.3) is 11.0 Å². The van der Waals surface area contributed by atoms with E-state index < -0.39 is 0 Å². The van der Waals surface area contributed by atoms with E-state index in [1.165, 1.54) is 0 Å². The van der Waals surface area contributed by atoms with Gasteiger partial charge in [-0.25, -0.2) is 4.98 Å². The van der Waals surface area contributed by atoms with Crippen molar-refractivity contribution in [1.29, 1.82) is 0 Å². The Morgan fingerprint density at radius 1 is 1.50 bits per heavy atom. The van der Waals surface area contributed by atoms with E-state index in [1.807, 2.05) is 12.1 Å². The van der Waals surface area contributed by atoms with Crippen molar-refractivity contribution in [3.05, 3.63) is 22.7 Å². The molecule has 86 valence electrons. The van der Waals surface area contributed by atoms with Crippen LogP contribution in [0.4, 0.5) is 5.95 Å². The molecule has 0 radical (unpaired) electrons. The second kappa shape index (κ2) is 4.45. The molecule has 0 aliphatic carbocycles. The number of aromatic nitrogens is 2. The molecule has 1 aromatic heterocycles. The summed E-state index contributed by atoms with van der Waals surface area (Å²) in [5.74, 6) is 0.606. The highest BCUT2D eigenvalue weighted by atomic mass is 79.9. The van der Waals surface area contributed by atoms with Crippen molar-refractivity contribution in [2.24, 2.45) is 0 Å². The summed E-state index contributed by atoms with van der Waals surface area (Å²) >= 11 is 3.44. The molecular weight excluding hydrogens is 266 g/mol. The number of rotatable bonds is 3. The first-order valence-electron chi connectivity index (χ1n) is 5.56. The average Bonchev–Trinajstić information content (AvgIpc) is 2.53. The van der Waals surface area contributed by atoms with Crippen LogP contribution in [-0.2, 0) is 0 Å². The van der Waals surface area contributed by atoms with Gasteiger partial charge >= 0.3 is 0 Å². The lowest BCUT2D eigenvalue weighted by Crippen LogP contribution is -2.08. The largest absolute Gasteiger partial charge is 0.369 e. The number of nitrogens with zero attached hydrogens (tertiary/aromatic N) is 2. The van der Waals surface area contributed by atoms with Crippen molar-refractivity contribution in [2.45, 2.75) is 32.7 Å². The molecule has 0 aliphatic rings. The summed E-state index contributed by atoms with van der Waals surface area (Å²) < 4.78 is 3.15. The first-order chi connectivity index (χ1) is 7.63. The highest BCUT2D eigenvalue weighted by molar-refractivity contribution is 9.10. The van der Waals surface area contributed by atoms with Gasteiger partial charge in [0, 0.05) is 10.5 Å². The van der Waals surface area contributed by atoms with E-state index in [0.717, 1.165) is 28.3 Å².